The largest absolute Gasteiger partial charge is 0.231 e. The molecule has 3 nitrogen and oxygen atoms in total. The maximum Gasteiger partial charge on any atom is 0.187 e. The Morgan fingerprint density at radius 2 is 1.88 bits per heavy atom. The summed E-state index contributed by atoms with van der Waals surface area (Å²) < 4.78 is 0. The number of rotatable bonds is 3. The van der Waals surface area contributed by atoms with E-state index in [1.54, 1.807) is 18.5 Å². The van der Waals surface area contributed by atoms with E-state index in [9.17, 15) is 0 Å². The fraction of sp³-hybridized carbons (Fsp3) is 0.0833. The second-order valence-electron chi connectivity index (χ2n) is 3.09. The Balaban J connectivity index is 2.09. The van der Waals surface area contributed by atoms with Crippen molar-refractivity contribution >= 4 is 11.8 Å². The molecule has 0 atom stereocenters. The minimum absolute atomic E-state index is 0.714. The van der Waals surface area contributed by atoms with Crippen LogP contribution in [0.15, 0.2) is 47.9 Å². The van der Waals surface area contributed by atoms with Gasteiger partial charge in [-0.1, -0.05) is 30.0 Å². The molecule has 2 rings (SSSR count). The van der Waals surface area contributed by atoms with Crippen molar-refractivity contribution in [1.29, 1.82) is 5.26 Å². The van der Waals surface area contributed by atoms with E-state index in [-0.39, 0.29) is 0 Å². The molecule has 0 bridgehead atoms. The van der Waals surface area contributed by atoms with Gasteiger partial charge in [-0.25, -0.2) is 9.97 Å². The van der Waals surface area contributed by atoms with E-state index in [2.05, 4.69) is 16.0 Å². The minimum Gasteiger partial charge on any atom is -0.231 e. The van der Waals surface area contributed by atoms with Crippen molar-refractivity contribution < 1.29 is 0 Å². The Kier molecular flexibility index (Phi) is 3.52. The third-order valence-electron chi connectivity index (χ3n) is 2.04. The normalized spacial score (nSPS) is 9.69. The van der Waals surface area contributed by atoms with Gasteiger partial charge in [0.15, 0.2) is 5.16 Å². The van der Waals surface area contributed by atoms with Gasteiger partial charge in [-0.15, -0.1) is 0 Å². The number of thioether (sulfide) groups is 1. The van der Waals surface area contributed by atoms with Crippen molar-refractivity contribution in [3.63, 3.8) is 0 Å². The summed E-state index contributed by atoms with van der Waals surface area (Å²) in [4.78, 5) is 8.24. The summed E-state index contributed by atoms with van der Waals surface area (Å²) in [5.41, 5.74) is 1.73. The van der Waals surface area contributed by atoms with Crippen LogP contribution in [0.4, 0.5) is 0 Å². The molecular weight excluding hydrogens is 218 g/mol. The monoisotopic (exact) mass is 227 g/mol. The zero-order valence-electron chi connectivity index (χ0n) is 8.50. The lowest BCUT2D eigenvalue weighted by atomic mass is 10.1. The number of hydrogen-bond acceptors (Lipinski definition) is 4. The van der Waals surface area contributed by atoms with Crippen LogP contribution in [0.2, 0.25) is 0 Å². The van der Waals surface area contributed by atoms with Crippen molar-refractivity contribution in [1.82, 2.24) is 9.97 Å². The molecule has 4 heteroatoms. The first-order valence-electron chi connectivity index (χ1n) is 4.78. The molecule has 2 aromatic rings. The summed E-state index contributed by atoms with van der Waals surface area (Å²) in [5.74, 6) is 0.716. The van der Waals surface area contributed by atoms with Crippen molar-refractivity contribution in [3.05, 3.63) is 53.9 Å². The highest BCUT2D eigenvalue weighted by Crippen LogP contribution is 2.20. The molecule has 0 amide bonds. The fourth-order valence-electron chi connectivity index (χ4n) is 1.26. The van der Waals surface area contributed by atoms with Crippen molar-refractivity contribution in [2.75, 3.05) is 0 Å². The van der Waals surface area contributed by atoms with Crippen LogP contribution in [0.3, 0.4) is 0 Å². The minimum atomic E-state index is 0.714. The second kappa shape index (κ2) is 5.29. The highest BCUT2D eigenvalue weighted by atomic mass is 32.2. The number of hydrogen-bond donors (Lipinski definition) is 0. The zero-order chi connectivity index (χ0) is 11.2. The first kappa shape index (κ1) is 10.7. The van der Waals surface area contributed by atoms with Gasteiger partial charge < -0.3 is 0 Å². The number of nitriles is 1. The van der Waals surface area contributed by atoms with Gasteiger partial charge in [0.05, 0.1) is 11.6 Å². The SMILES string of the molecule is N#Cc1ccccc1CSc1ncccn1. The number of nitrogens with zero attached hydrogens (tertiary/aromatic N) is 3. The average molecular weight is 227 g/mol. The van der Waals surface area contributed by atoms with E-state index in [1.165, 1.54) is 11.8 Å². The van der Waals surface area contributed by atoms with E-state index in [0.717, 1.165) is 10.7 Å². The molecule has 1 aromatic carbocycles. The van der Waals surface area contributed by atoms with Crippen molar-refractivity contribution in [2.45, 2.75) is 10.9 Å². The highest BCUT2D eigenvalue weighted by Gasteiger charge is 2.02. The van der Waals surface area contributed by atoms with E-state index < -0.39 is 0 Å². The van der Waals surface area contributed by atoms with Gasteiger partial charge in [0.25, 0.3) is 0 Å². The molecule has 1 heterocycles. The molecule has 78 valence electrons. The molecule has 0 aliphatic heterocycles. The first-order valence-corrected chi connectivity index (χ1v) is 5.76. The van der Waals surface area contributed by atoms with Gasteiger partial charge in [-0.2, -0.15) is 5.26 Å². The van der Waals surface area contributed by atoms with E-state index in [1.807, 2.05) is 24.3 Å². The first-order chi connectivity index (χ1) is 7.90. The summed E-state index contributed by atoms with van der Waals surface area (Å²) in [5, 5.41) is 9.66. The summed E-state index contributed by atoms with van der Waals surface area (Å²) >= 11 is 1.53. The van der Waals surface area contributed by atoms with Crippen LogP contribution in [0.1, 0.15) is 11.1 Å². The molecule has 0 saturated carbocycles. The van der Waals surface area contributed by atoms with Crippen molar-refractivity contribution in [3.8, 4) is 6.07 Å². The van der Waals surface area contributed by atoms with Gasteiger partial charge >= 0.3 is 0 Å². The lowest BCUT2D eigenvalue weighted by Crippen LogP contribution is -1.89. The summed E-state index contributed by atoms with van der Waals surface area (Å²) in [7, 11) is 0. The molecular formula is C12H9N3S. The maximum absolute atomic E-state index is 8.93. The molecule has 0 fully saturated rings. The van der Waals surface area contributed by atoms with Crippen LogP contribution in [0.5, 0.6) is 0 Å². The van der Waals surface area contributed by atoms with Gasteiger partial charge in [-0.3, -0.25) is 0 Å². The molecule has 0 saturated heterocycles. The van der Waals surface area contributed by atoms with Gasteiger partial charge in [0.1, 0.15) is 0 Å². The molecule has 0 unspecified atom stereocenters. The Morgan fingerprint density at radius 1 is 1.12 bits per heavy atom. The Morgan fingerprint density at radius 3 is 2.62 bits per heavy atom. The quantitative estimate of drug-likeness (QED) is 0.597. The Hall–Kier alpha value is -1.86. The molecule has 16 heavy (non-hydrogen) atoms. The molecule has 0 radical (unpaired) electrons. The predicted octanol–water partition coefficient (Wildman–Crippen LogP) is 2.64. The molecule has 0 N–H and O–H groups in total. The summed E-state index contributed by atoms with van der Waals surface area (Å²) in [6.45, 7) is 0. The molecule has 0 aliphatic carbocycles. The van der Waals surface area contributed by atoms with Crippen LogP contribution in [-0.2, 0) is 5.75 Å². The third kappa shape index (κ3) is 2.59. The highest BCUT2D eigenvalue weighted by molar-refractivity contribution is 7.98. The van der Waals surface area contributed by atoms with Gasteiger partial charge in [0, 0.05) is 18.1 Å². The Labute approximate surface area is 98.2 Å². The van der Waals surface area contributed by atoms with Crippen LogP contribution < -0.4 is 0 Å². The van der Waals surface area contributed by atoms with Gasteiger partial charge in [-0.05, 0) is 17.7 Å². The lowest BCUT2D eigenvalue weighted by Gasteiger charge is -2.01. The fourth-order valence-corrected chi connectivity index (χ4v) is 2.06. The molecule has 1 aromatic heterocycles. The summed E-state index contributed by atoms with van der Waals surface area (Å²) in [6, 6.07) is 11.5. The number of aromatic nitrogens is 2. The zero-order valence-corrected chi connectivity index (χ0v) is 9.31. The topological polar surface area (TPSA) is 49.6 Å². The second-order valence-corrected chi connectivity index (χ2v) is 4.03. The van der Waals surface area contributed by atoms with Crippen LogP contribution in [-0.4, -0.2) is 9.97 Å². The average Bonchev–Trinajstić information content (AvgIpc) is 2.38. The van der Waals surface area contributed by atoms with Crippen LogP contribution in [0, 0.1) is 11.3 Å². The smallest absolute Gasteiger partial charge is 0.187 e. The summed E-state index contributed by atoms with van der Waals surface area (Å²) in [6.07, 6.45) is 3.43. The van der Waals surface area contributed by atoms with Gasteiger partial charge in [0.2, 0.25) is 0 Å². The van der Waals surface area contributed by atoms with Crippen molar-refractivity contribution in [2.24, 2.45) is 0 Å². The molecule has 0 spiro atoms. The van der Waals surface area contributed by atoms with Crippen LogP contribution >= 0.6 is 11.8 Å². The van der Waals surface area contributed by atoms with E-state index in [0.29, 0.717) is 11.3 Å². The molecule has 0 aliphatic rings. The van der Waals surface area contributed by atoms with Crippen LogP contribution in [0.25, 0.3) is 0 Å². The maximum atomic E-state index is 8.93. The van der Waals surface area contributed by atoms with E-state index >= 15 is 0 Å². The Bertz CT molecular complexity index is 505. The number of benzene rings is 1. The van der Waals surface area contributed by atoms with E-state index in [4.69, 9.17) is 5.26 Å². The predicted molar refractivity (Wildman–Crippen MR) is 62.8 cm³/mol. The lowest BCUT2D eigenvalue weighted by molar-refractivity contribution is 0.966. The third-order valence-corrected chi connectivity index (χ3v) is 2.96. The standard InChI is InChI=1S/C12H9N3S/c13-8-10-4-1-2-5-11(10)9-16-12-14-6-3-7-15-12/h1-7H,9H2.